The molecule has 0 aliphatic heterocycles. The van der Waals surface area contributed by atoms with Crippen molar-refractivity contribution in [3.05, 3.63) is 28.8 Å². The number of halogens is 1. The van der Waals surface area contributed by atoms with Gasteiger partial charge in [0.05, 0.1) is 11.6 Å². The van der Waals surface area contributed by atoms with Crippen LogP contribution in [0, 0.1) is 5.92 Å². The van der Waals surface area contributed by atoms with Gasteiger partial charge < -0.3 is 10.5 Å². The van der Waals surface area contributed by atoms with E-state index in [1.165, 1.54) is 31.2 Å². The molecule has 2 N–H and O–H groups in total. The van der Waals surface area contributed by atoms with Crippen LogP contribution in [0.1, 0.15) is 38.2 Å². The first-order valence-electron chi connectivity index (χ1n) is 6.80. The maximum absolute atomic E-state index is 6.31. The van der Waals surface area contributed by atoms with Crippen LogP contribution in [0.4, 0.5) is 0 Å². The summed E-state index contributed by atoms with van der Waals surface area (Å²) < 4.78 is 5.75. The van der Waals surface area contributed by atoms with Crippen LogP contribution < -0.4 is 10.5 Å². The highest BCUT2D eigenvalue weighted by molar-refractivity contribution is 6.32. The second-order valence-electron chi connectivity index (χ2n) is 5.84. The van der Waals surface area contributed by atoms with Crippen LogP contribution >= 0.6 is 11.6 Å². The van der Waals surface area contributed by atoms with Gasteiger partial charge in [-0.15, -0.1) is 0 Å². The second-order valence-corrected chi connectivity index (χ2v) is 6.25. The first-order chi connectivity index (χ1) is 8.62. The molecule has 3 heteroatoms. The molecule has 2 aliphatic carbocycles. The monoisotopic (exact) mass is 265 g/mol. The summed E-state index contributed by atoms with van der Waals surface area (Å²) in [6.07, 6.45) is 4.93. The second kappa shape index (κ2) is 4.43. The zero-order valence-corrected chi connectivity index (χ0v) is 11.5. The molecule has 0 saturated heterocycles. The summed E-state index contributed by atoms with van der Waals surface area (Å²) in [6, 6.07) is 6.36. The van der Waals surface area contributed by atoms with Crippen molar-refractivity contribution < 1.29 is 4.74 Å². The van der Waals surface area contributed by atoms with Crippen LogP contribution in [0.3, 0.4) is 0 Å². The molecule has 1 aromatic rings. The third-order valence-electron chi connectivity index (χ3n) is 4.34. The summed E-state index contributed by atoms with van der Waals surface area (Å²) in [7, 11) is 0. The van der Waals surface area contributed by atoms with Crippen molar-refractivity contribution in [2.45, 2.75) is 44.1 Å². The van der Waals surface area contributed by atoms with Crippen molar-refractivity contribution in [1.82, 2.24) is 0 Å². The van der Waals surface area contributed by atoms with E-state index in [2.05, 4.69) is 13.0 Å². The summed E-state index contributed by atoms with van der Waals surface area (Å²) in [5.41, 5.74) is 7.52. The Bertz CT molecular complexity index is 450. The average molecular weight is 266 g/mol. The van der Waals surface area contributed by atoms with Crippen LogP contribution in [0.5, 0.6) is 5.75 Å². The van der Waals surface area contributed by atoms with Crippen LogP contribution in [0.15, 0.2) is 18.2 Å². The standard InChI is InChI=1S/C15H20ClNO/c1-10(17)15(6-7-15)12-4-5-14(13(16)8-12)18-9-11-2-3-11/h4-5,8,10-11H,2-3,6-7,9,17H2,1H3. The number of nitrogens with two attached hydrogens (primary N) is 1. The van der Waals surface area contributed by atoms with Crippen molar-refractivity contribution in [2.75, 3.05) is 6.61 Å². The van der Waals surface area contributed by atoms with E-state index in [1.54, 1.807) is 0 Å². The van der Waals surface area contributed by atoms with Gasteiger partial charge in [-0.1, -0.05) is 17.7 Å². The summed E-state index contributed by atoms with van der Waals surface area (Å²) in [4.78, 5) is 0. The van der Waals surface area contributed by atoms with Crippen molar-refractivity contribution in [3.63, 3.8) is 0 Å². The minimum atomic E-state index is 0.165. The zero-order chi connectivity index (χ0) is 12.8. The van der Waals surface area contributed by atoms with Gasteiger partial charge in [0, 0.05) is 11.5 Å². The Morgan fingerprint density at radius 2 is 2.17 bits per heavy atom. The van der Waals surface area contributed by atoms with Gasteiger partial charge >= 0.3 is 0 Å². The molecule has 0 aromatic heterocycles. The van der Waals surface area contributed by atoms with E-state index in [9.17, 15) is 0 Å². The molecule has 1 unspecified atom stereocenters. The SMILES string of the molecule is CC(N)C1(c2ccc(OCC3CC3)c(Cl)c2)CC1. The first-order valence-corrected chi connectivity index (χ1v) is 7.18. The molecule has 2 saturated carbocycles. The molecule has 1 aromatic carbocycles. The number of hydrogen-bond acceptors (Lipinski definition) is 2. The van der Waals surface area contributed by atoms with E-state index in [4.69, 9.17) is 22.1 Å². The van der Waals surface area contributed by atoms with Crippen molar-refractivity contribution >= 4 is 11.6 Å². The fourth-order valence-electron chi connectivity index (χ4n) is 2.56. The van der Waals surface area contributed by atoms with Crippen molar-refractivity contribution in [1.29, 1.82) is 0 Å². The quantitative estimate of drug-likeness (QED) is 0.884. The highest BCUT2D eigenvalue weighted by atomic mass is 35.5. The van der Waals surface area contributed by atoms with Gasteiger partial charge in [-0.3, -0.25) is 0 Å². The zero-order valence-electron chi connectivity index (χ0n) is 10.8. The highest BCUT2D eigenvalue weighted by Crippen LogP contribution is 2.51. The van der Waals surface area contributed by atoms with E-state index in [-0.39, 0.29) is 11.5 Å². The third kappa shape index (κ3) is 2.24. The summed E-state index contributed by atoms with van der Waals surface area (Å²) in [5.74, 6) is 1.56. The van der Waals surface area contributed by atoms with Gasteiger partial charge in [0.1, 0.15) is 5.75 Å². The molecule has 2 aliphatic rings. The minimum Gasteiger partial charge on any atom is -0.492 e. The molecule has 0 radical (unpaired) electrons. The fraction of sp³-hybridized carbons (Fsp3) is 0.600. The van der Waals surface area contributed by atoms with Crippen molar-refractivity contribution in [3.8, 4) is 5.75 Å². The van der Waals surface area contributed by atoms with Crippen molar-refractivity contribution in [2.24, 2.45) is 11.7 Å². The van der Waals surface area contributed by atoms with Crippen LogP contribution in [0.25, 0.3) is 0 Å². The predicted molar refractivity (Wildman–Crippen MR) is 74.2 cm³/mol. The number of ether oxygens (including phenoxy) is 1. The molecule has 2 fully saturated rings. The molecule has 98 valence electrons. The Kier molecular flexibility index (Phi) is 3.03. The Morgan fingerprint density at radius 3 is 2.67 bits per heavy atom. The predicted octanol–water partition coefficient (Wildman–Crippen LogP) is 3.51. The Hall–Kier alpha value is -0.730. The third-order valence-corrected chi connectivity index (χ3v) is 4.63. The number of rotatable bonds is 5. The lowest BCUT2D eigenvalue weighted by Crippen LogP contribution is -2.31. The molecule has 18 heavy (non-hydrogen) atoms. The summed E-state index contributed by atoms with van der Waals surface area (Å²) in [6.45, 7) is 2.88. The number of benzene rings is 1. The van der Waals surface area contributed by atoms with E-state index in [1.807, 2.05) is 12.1 Å². The first kappa shape index (κ1) is 12.3. The fourth-order valence-corrected chi connectivity index (χ4v) is 2.80. The van der Waals surface area contributed by atoms with Gasteiger partial charge in [-0.2, -0.15) is 0 Å². The van der Waals surface area contributed by atoms with Crippen LogP contribution in [0.2, 0.25) is 5.02 Å². The summed E-state index contributed by atoms with van der Waals surface area (Å²) >= 11 is 6.31. The maximum Gasteiger partial charge on any atom is 0.137 e. The largest absolute Gasteiger partial charge is 0.492 e. The molecular formula is C15H20ClNO. The lowest BCUT2D eigenvalue weighted by molar-refractivity contribution is 0.300. The molecule has 3 rings (SSSR count). The Balaban J connectivity index is 1.75. The van der Waals surface area contributed by atoms with Gasteiger partial charge in [0.25, 0.3) is 0 Å². The molecular weight excluding hydrogens is 246 g/mol. The van der Waals surface area contributed by atoms with Crippen LogP contribution in [-0.4, -0.2) is 12.6 Å². The normalized spacial score (nSPS) is 22.6. The summed E-state index contributed by atoms with van der Waals surface area (Å²) in [5, 5.41) is 0.722. The van der Waals surface area contributed by atoms with Gasteiger partial charge in [0.15, 0.2) is 0 Å². The smallest absolute Gasteiger partial charge is 0.137 e. The van der Waals surface area contributed by atoms with E-state index in [0.29, 0.717) is 0 Å². The molecule has 0 bridgehead atoms. The lowest BCUT2D eigenvalue weighted by Gasteiger charge is -2.21. The average Bonchev–Trinajstić information content (AvgIpc) is 3.21. The molecule has 2 nitrogen and oxygen atoms in total. The van der Waals surface area contributed by atoms with Gasteiger partial charge in [0.2, 0.25) is 0 Å². The topological polar surface area (TPSA) is 35.2 Å². The molecule has 0 amide bonds. The minimum absolute atomic E-state index is 0.165. The van der Waals surface area contributed by atoms with Gasteiger partial charge in [-0.25, -0.2) is 0 Å². The lowest BCUT2D eigenvalue weighted by atomic mass is 9.89. The molecule has 0 spiro atoms. The van der Waals surface area contributed by atoms with E-state index >= 15 is 0 Å². The van der Waals surface area contributed by atoms with E-state index in [0.717, 1.165) is 23.3 Å². The molecule has 1 atom stereocenters. The van der Waals surface area contributed by atoms with Crippen LogP contribution in [-0.2, 0) is 5.41 Å². The number of hydrogen-bond donors (Lipinski definition) is 1. The Morgan fingerprint density at radius 1 is 1.44 bits per heavy atom. The highest BCUT2D eigenvalue weighted by Gasteiger charge is 2.47. The van der Waals surface area contributed by atoms with Gasteiger partial charge in [-0.05, 0) is 56.2 Å². The maximum atomic E-state index is 6.31. The Labute approximate surface area is 113 Å². The van der Waals surface area contributed by atoms with E-state index < -0.39 is 0 Å². The molecule has 0 heterocycles.